The summed E-state index contributed by atoms with van der Waals surface area (Å²) >= 11 is 0. The van der Waals surface area contributed by atoms with Gasteiger partial charge < -0.3 is 4.89 Å². The van der Waals surface area contributed by atoms with Crippen molar-refractivity contribution in [1.29, 1.82) is 0 Å². The Morgan fingerprint density at radius 1 is 1.33 bits per heavy atom. The van der Waals surface area contributed by atoms with E-state index in [1.807, 2.05) is 6.07 Å². The van der Waals surface area contributed by atoms with E-state index in [1.165, 1.54) is 12.1 Å². The molecular formula is C10H13NO3P. The average molecular weight is 226 g/mol. The number of nitro groups is 1. The van der Waals surface area contributed by atoms with Gasteiger partial charge in [0.15, 0.2) is 0 Å². The molecule has 0 saturated carbocycles. The van der Waals surface area contributed by atoms with E-state index in [0.717, 1.165) is 30.5 Å². The summed E-state index contributed by atoms with van der Waals surface area (Å²) in [4.78, 5) is 20.6. The largest absolute Gasteiger partial charge is 0.375 e. The van der Waals surface area contributed by atoms with E-state index in [4.69, 9.17) is 0 Å². The van der Waals surface area contributed by atoms with Gasteiger partial charge in [0.2, 0.25) is 0 Å². The Labute approximate surface area is 88.5 Å². The van der Waals surface area contributed by atoms with Crippen LogP contribution < -0.4 is 5.30 Å². The van der Waals surface area contributed by atoms with Crippen molar-refractivity contribution in [1.82, 2.24) is 0 Å². The molecule has 1 fully saturated rings. The van der Waals surface area contributed by atoms with Crippen molar-refractivity contribution in [3.8, 4) is 0 Å². The smallest absolute Gasteiger partial charge is 0.270 e. The molecule has 1 aliphatic heterocycles. The molecule has 2 rings (SSSR count). The molecule has 0 spiro atoms. The lowest BCUT2D eigenvalue weighted by Crippen LogP contribution is -2.12. The highest BCUT2D eigenvalue weighted by Crippen LogP contribution is 2.58. The molecule has 0 aliphatic carbocycles. The maximum atomic E-state index is 10.6. The van der Waals surface area contributed by atoms with Gasteiger partial charge in [-0.1, -0.05) is 12.1 Å². The zero-order valence-electron chi connectivity index (χ0n) is 8.30. The van der Waals surface area contributed by atoms with E-state index >= 15 is 0 Å². The summed E-state index contributed by atoms with van der Waals surface area (Å²) in [5.41, 5.74) is 0.0767. The molecule has 15 heavy (non-hydrogen) atoms. The minimum absolute atomic E-state index is 0.0767. The second-order valence-corrected chi connectivity index (χ2v) is 7.11. The highest BCUT2D eigenvalue weighted by Gasteiger charge is 2.31. The summed E-state index contributed by atoms with van der Waals surface area (Å²) in [6, 6.07) is 6.46. The van der Waals surface area contributed by atoms with Gasteiger partial charge in [-0.05, 0) is 25.2 Å². The normalized spacial score (nSPS) is 19.0. The highest BCUT2D eigenvalue weighted by atomic mass is 31.2. The van der Waals surface area contributed by atoms with E-state index in [-0.39, 0.29) is 5.69 Å². The lowest BCUT2D eigenvalue weighted by molar-refractivity contribution is -0.384. The Morgan fingerprint density at radius 2 is 2.00 bits per heavy atom. The summed E-state index contributed by atoms with van der Waals surface area (Å²) in [5.74, 6) is 0. The number of rotatable bonds is 2. The molecule has 0 aromatic heterocycles. The highest BCUT2D eigenvalue weighted by molar-refractivity contribution is 7.78. The molecule has 81 valence electrons. The van der Waals surface area contributed by atoms with Gasteiger partial charge in [-0.3, -0.25) is 10.1 Å². The Bertz CT molecular complexity index is 388. The predicted octanol–water partition coefficient (Wildman–Crippen LogP) is 1.94. The molecule has 1 aromatic carbocycles. The molecule has 4 nitrogen and oxygen atoms in total. The van der Waals surface area contributed by atoms with Crippen molar-refractivity contribution in [2.24, 2.45) is 0 Å². The van der Waals surface area contributed by atoms with Crippen LogP contribution in [0.1, 0.15) is 12.8 Å². The third-order valence-corrected chi connectivity index (χ3v) is 6.18. The van der Waals surface area contributed by atoms with Gasteiger partial charge in [0.1, 0.15) is 0 Å². The SMILES string of the molecule is O=[N+]([O-])c1cccc([P]2(O)CCCC2)c1. The third-order valence-electron chi connectivity index (χ3n) is 2.83. The first kappa shape index (κ1) is 10.5. The Kier molecular flexibility index (Phi) is 2.72. The Balaban J connectivity index is 2.36. The van der Waals surface area contributed by atoms with Crippen molar-refractivity contribution < 1.29 is 9.82 Å². The minimum atomic E-state index is -2.04. The van der Waals surface area contributed by atoms with Gasteiger partial charge in [0.25, 0.3) is 5.69 Å². The van der Waals surface area contributed by atoms with Gasteiger partial charge in [-0.25, -0.2) is 0 Å². The third kappa shape index (κ3) is 2.01. The minimum Gasteiger partial charge on any atom is -0.375 e. The average Bonchev–Trinajstić information content (AvgIpc) is 2.67. The van der Waals surface area contributed by atoms with Crippen LogP contribution in [0.15, 0.2) is 24.3 Å². The van der Waals surface area contributed by atoms with Gasteiger partial charge in [0.05, 0.1) is 4.92 Å². The monoisotopic (exact) mass is 226 g/mol. The van der Waals surface area contributed by atoms with Crippen molar-refractivity contribution in [3.63, 3.8) is 0 Å². The summed E-state index contributed by atoms with van der Waals surface area (Å²) in [6.45, 7) is 0. The molecule has 1 N–H and O–H groups in total. The Hall–Kier alpha value is -0.990. The van der Waals surface area contributed by atoms with Gasteiger partial charge in [-0.2, -0.15) is 0 Å². The maximum absolute atomic E-state index is 10.6. The zero-order chi connectivity index (χ0) is 10.9. The number of nitrogens with zero attached hydrogens (tertiary/aromatic N) is 1. The van der Waals surface area contributed by atoms with Crippen LogP contribution in [0.25, 0.3) is 0 Å². The summed E-state index contributed by atoms with van der Waals surface area (Å²) in [5, 5.41) is 11.4. The molecule has 0 atom stereocenters. The van der Waals surface area contributed by atoms with Gasteiger partial charge >= 0.3 is 0 Å². The van der Waals surface area contributed by atoms with Crippen molar-refractivity contribution >= 4 is 18.5 Å². The van der Waals surface area contributed by atoms with Crippen LogP contribution >= 0.6 is 7.49 Å². The molecule has 0 bridgehead atoms. The van der Waals surface area contributed by atoms with E-state index in [1.54, 1.807) is 6.07 Å². The van der Waals surface area contributed by atoms with E-state index < -0.39 is 12.4 Å². The number of nitro benzene ring substituents is 1. The summed E-state index contributed by atoms with van der Waals surface area (Å²) in [7, 11) is -2.04. The van der Waals surface area contributed by atoms with E-state index in [2.05, 4.69) is 0 Å². The van der Waals surface area contributed by atoms with Gasteiger partial charge in [0, 0.05) is 24.9 Å². The molecule has 0 unspecified atom stereocenters. The fraction of sp³-hybridized carbons (Fsp3) is 0.400. The van der Waals surface area contributed by atoms with Crippen LogP contribution in [0.5, 0.6) is 0 Å². The molecule has 1 radical (unpaired) electrons. The molecule has 0 amide bonds. The second kappa shape index (κ2) is 3.87. The lowest BCUT2D eigenvalue weighted by atomic mass is 10.3. The lowest BCUT2D eigenvalue weighted by Gasteiger charge is -2.24. The van der Waals surface area contributed by atoms with Crippen LogP contribution in [-0.2, 0) is 0 Å². The first-order valence-corrected chi connectivity index (χ1v) is 7.08. The first-order valence-electron chi connectivity index (χ1n) is 4.97. The molecule has 1 heterocycles. The molecule has 1 saturated heterocycles. The predicted molar refractivity (Wildman–Crippen MR) is 60.8 cm³/mol. The van der Waals surface area contributed by atoms with Crippen molar-refractivity contribution in [2.75, 3.05) is 12.3 Å². The number of non-ortho nitro benzene ring substituents is 1. The standard InChI is InChI=1S/C10H13NO3P/c12-11(13)9-4-3-5-10(8-9)15(14)6-1-2-7-15/h3-5,8,14H,1-2,6-7H2. The van der Waals surface area contributed by atoms with E-state index in [9.17, 15) is 15.0 Å². The van der Waals surface area contributed by atoms with Crippen LogP contribution in [0.3, 0.4) is 0 Å². The van der Waals surface area contributed by atoms with Crippen LogP contribution in [-0.4, -0.2) is 22.1 Å². The number of hydrogen-bond acceptors (Lipinski definition) is 3. The van der Waals surface area contributed by atoms with E-state index in [0.29, 0.717) is 0 Å². The Morgan fingerprint density at radius 3 is 2.60 bits per heavy atom. The summed E-state index contributed by atoms with van der Waals surface area (Å²) < 4.78 is 0. The summed E-state index contributed by atoms with van der Waals surface area (Å²) in [6.07, 6.45) is 3.70. The molecule has 1 aromatic rings. The molecular weight excluding hydrogens is 213 g/mol. The fourth-order valence-electron chi connectivity index (χ4n) is 1.98. The van der Waals surface area contributed by atoms with Crippen molar-refractivity contribution in [3.05, 3.63) is 34.4 Å². The topological polar surface area (TPSA) is 63.4 Å². The quantitative estimate of drug-likeness (QED) is 0.476. The van der Waals surface area contributed by atoms with Gasteiger partial charge in [-0.15, -0.1) is 0 Å². The maximum Gasteiger partial charge on any atom is 0.270 e. The first-order chi connectivity index (χ1) is 7.12. The van der Waals surface area contributed by atoms with Crippen LogP contribution in [0, 0.1) is 10.1 Å². The number of benzene rings is 1. The van der Waals surface area contributed by atoms with Crippen molar-refractivity contribution in [2.45, 2.75) is 12.8 Å². The fourth-order valence-corrected chi connectivity index (χ4v) is 4.95. The van der Waals surface area contributed by atoms with Crippen LogP contribution in [0.4, 0.5) is 5.69 Å². The second-order valence-electron chi connectivity index (χ2n) is 3.85. The zero-order valence-corrected chi connectivity index (χ0v) is 9.19. The number of hydrogen-bond donors (Lipinski definition) is 1. The van der Waals surface area contributed by atoms with Crippen LogP contribution in [0.2, 0.25) is 0 Å². The molecule has 1 aliphatic rings. The molecule has 5 heteroatoms.